The molecule has 0 bridgehead atoms. The van der Waals surface area contributed by atoms with Crippen LogP contribution in [0.2, 0.25) is 5.02 Å². The molecule has 3 atom stereocenters. The fourth-order valence-electron chi connectivity index (χ4n) is 8.05. The van der Waals surface area contributed by atoms with E-state index in [1.165, 1.54) is 36.0 Å². The fourth-order valence-corrected chi connectivity index (χ4v) is 9.15. The maximum absolute atomic E-state index is 15.3. The maximum Gasteiger partial charge on any atom is 0.431 e. The maximum atomic E-state index is 15.3. The average Bonchev–Trinajstić information content (AvgIpc) is 3.72. The van der Waals surface area contributed by atoms with Crippen molar-refractivity contribution >= 4 is 68.6 Å². The Balaban J connectivity index is 1.59. The zero-order valence-corrected chi connectivity index (χ0v) is 40.4. The van der Waals surface area contributed by atoms with Gasteiger partial charge in [-0.25, -0.2) is 22.3 Å². The van der Waals surface area contributed by atoms with Crippen LogP contribution in [-0.2, 0) is 33.5 Å². The lowest BCUT2D eigenvalue weighted by Gasteiger charge is -2.28. The highest BCUT2D eigenvalue weighted by Gasteiger charge is 2.52. The van der Waals surface area contributed by atoms with E-state index in [-0.39, 0.29) is 50.5 Å². The van der Waals surface area contributed by atoms with Gasteiger partial charge in [0.1, 0.15) is 52.8 Å². The molecule has 1 aliphatic heterocycles. The summed E-state index contributed by atoms with van der Waals surface area (Å²) in [6.07, 6.45) is -8.91. The Morgan fingerprint density at radius 2 is 1.71 bits per heavy atom. The summed E-state index contributed by atoms with van der Waals surface area (Å²) < 4.78 is 159. The molecule has 70 heavy (non-hydrogen) atoms. The van der Waals surface area contributed by atoms with Gasteiger partial charge in [-0.15, -0.1) is 11.8 Å². The summed E-state index contributed by atoms with van der Waals surface area (Å²) in [5.74, 6) is -3.99. The van der Waals surface area contributed by atoms with Crippen molar-refractivity contribution in [1.82, 2.24) is 30.3 Å². The molecule has 2 fully saturated rings. The third kappa shape index (κ3) is 12.8. The van der Waals surface area contributed by atoms with Crippen LogP contribution in [0, 0.1) is 29.4 Å². The standard InChI is InChI=1S/C45H46ClF10N9O3S2/c1-24-20-43(49,50)40(35(24)39(57)45(54,55)56)59-21-33(66)61-32(18-25-16-26(47)19-27(48)17-25)37-29(7-6-28(60-37)10-11-42(2,3)69-4)30-8-9-31(46)36-38(30)64(23-44(51,52)53)62-41(36)65(70(5)68)34(67)22-63-14-12-58-13-15-63/h6-9,16-17,19,24,32,58H,12-15,18,20-23,57H2,1-5H3,(H,61,66)/b39-35-,59-40?/t24-,32?,70?/m0/s1. The summed E-state index contributed by atoms with van der Waals surface area (Å²) in [6.45, 7) is 3.32. The molecule has 0 radical (unpaired) electrons. The number of rotatable bonds is 13. The van der Waals surface area contributed by atoms with Gasteiger partial charge < -0.3 is 16.4 Å². The zero-order valence-electron chi connectivity index (χ0n) is 38.0. The van der Waals surface area contributed by atoms with Gasteiger partial charge in [-0.3, -0.25) is 24.2 Å². The zero-order chi connectivity index (χ0) is 51.7. The number of hydrogen-bond acceptors (Lipinski definition) is 10. The molecule has 1 aliphatic carbocycles. The number of fused-ring (bicyclic) bond motifs is 1. The van der Waals surface area contributed by atoms with Gasteiger partial charge in [0.05, 0.1) is 39.0 Å². The number of aromatic nitrogens is 3. The number of thioether (sulfide) groups is 1. The van der Waals surface area contributed by atoms with E-state index >= 15 is 8.78 Å². The van der Waals surface area contributed by atoms with Crippen molar-refractivity contribution in [1.29, 1.82) is 0 Å². The van der Waals surface area contributed by atoms with Gasteiger partial charge >= 0.3 is 12.4 Å². The Hall–Kier alpha value is -5.22. The molecule has 1 saturated carbocycles. The molecule has 4 aromatic rings. The average molecular weight is 1050 g/mol. The molecule has 2 unspecified atom stereocenters. The number of halogens is 11. The number of alkyl halides is 8. The van der Waals surface area contributed by atoms with Crippen molar-refractivity contribution < 1.29 is 57.7 Å². The quantitative estimate of drug-likeness (QED) is 0.0897. The highest BCUT2D eigenvalue weighted by Crippen LogP contribution is 2.45. The van der Waals surface area contributed by atoms with Crippen molar-refractivity contribution in [3.05, 3.63) is 87.3 Å². The van der Waals surface area contributed by atoms with E-state index in [0.29, 0.717) is 36.9 Å². The second-order valence-electron chi connectivity index (χ2n) is 17.0. The summed E-state index contributed by atoms with van der Waals surface area (Å²) in [5.41, 5.74) is 0.234. The first-order chi connectivity index (χ1) is 32.6. The van der Waals surface area contributed by atoms with Crippen LogP contribution in [0.3, 0.4) is 0 Å². The first-order valence-electron chi connectivity index (χ1n) is 21.3. The number of anilines is 1. The summed E-state index contributed by atoms with van der Waals surface area (Å²) in [4.78, 5) is 38.0. The van der Waals surface area contributed by atoms with Crippen LogP contribution >= 0.6 is 23.4 Å². The number of aliphatic imine (C=N–C) groups is 1. The van der Waals surface area contributed by atoms with Crippen LogP contribution in [0.5, 0.6) is 0 Å². The Kier molecular flexibility index (Phi) is 16.4. The van der Waals surface area contributed by atoms with Crippen LogP contribution in [0.4, 0.5) is 49.7 Å². The normalized spacial score (nSPS) is 18.9. The number of hydrogen-bond donors (Lipinski definition) is 3. The minimum atomic E-state index is -5.23. The van der Waals surface area contributed by atoms with Crippen molar-refractivity contribution in [3.8, 4) is 23.0 Å². The molecule has 25 heteroatoms. The van der Waals surface area contributed by atoms with Crippen LogP contribution in [0.15, 0.2) is 58.7 Å². The number of nitrogens with zero attached hydrogens (tertiary/aromatic N) is 6. The number of pyridine rings is 1. The van der Waals surface area contributed by atoms with Gasteiger partial charge in [-0.05, 0) is 74.3 Å². The molecular formula is C45H46ClF10N9O3S2. The van der Waals surface area contributed by atoms with E-state index in [2.05, 4.69) is 32.6 Å². The number of carbonyl (C=O) groups is 2. The number of nitrogens with one attached hydrogen (secondary N) is 2. The molecule has 378 valence electrons. The minimum Gasteiger partial charge on any atom is -0.394 e. The fraction of sp³-hybridized carbons (Fsp3) is 0.444. The molecule has 2 aromatic carbocycles. The molecule has 12 nitrogen and oxygen atoms in total. The third-order valence-electron chi connectivity index (χ3n) is 11.3. The number of nitrogens with two attached hydrogens (primary N) is 1. The van der Waals surface area contributed by atoms with E-state index < -0.39 is 118 Å². The highest BCUT2D eigenvalue weighted by atomic mass is 35.5. The molecule has 2 aromatic heterocycles. The monoisotopic (exact) mass is 1050 g/mol. The lowest BCUT2D eigenvalue weighted by molar-refractivity contribution is -0.141. The predicted octanol–water partition coefficient (Wildman–Crippen LogP) is 7.91. The number of amides is 2. The Morgan fingerprint density at radius 1 is 1.07 bits per heavy atom. The van der Waals surface area contributed by atoms with Crippen LogP contribution in [0.1, 0.15) is 50.2 Å². The Labute approximate surface area is 407 Å². The van der Waals surface area contributed by atoms with Gasteiger partial charge in [0, 0.05) is 61.6 Å². The van der Waals surface area contributed by atoms with Crippen molar-refractivity contribution in [3.63, 3.8) is 0 Å². The summed E-state index contributed by atoms with van der Waals surface area (Å²) in [6, 6.07) is 6.13. The molecule has 2 amide bonds. The molecule has 2 aliphatic rings. The second-order valence-corrected chi connectivity index (χ2v) is 20.1. The molecule has 4 N–H and O–H groups in total. The highest BCUT2D eigenvalue weighted by molar-refractivity contribution is 8.00. The van der Waals surface area contributed by atoms with Gasteiger partial charge in [0.25, 0.3) is 11.8 Å². The largest absolute Gasteiger partial charge is 0.431 e. The van der Waals surface area contributed by atoms with Crippen LogP contribution in [-0.4, -0.2) is 116 Å². The smallest absolute Gasteiger partial charge is 0.394 e. The first kappa shape index (κ1) is 54.1. The lowest BCUT2D eigenvalue weighted by Crippen LogP contribution is -2.48. The predicted molar refractivity (Wildman–Crippen MR) is 249 cm³/mol. The van der Waals surface area contributed by atoms with Gasteiger partial charge in [-0.2, -0.15) is 40.2 Å². The molecule has 1 saturated heterocycles. The van der Waals surface area contributed by atoms with E-state index in [9.17, 15) is 48.9 Å². The van der Waals surface area contributed by atoms with Crippen molar-refractivity contribution in [2.24, 2.45) is 16.6 Å². The van der Waals surface area contributed by atoms with Crippen molar-refractivity contribution in [2.45, 2.75) is 69.2 Å². The second kappa shape index (κ2) is 21.2. The topological polar surface area (TPSA) is 151 Å². The van der Waals surface area contributed by atoms with E-state index in [0.717, 1.165) is 29.6 Å². The number of benzene rings is 2. The van der Waals surface area contributed by atoms with Crippen molar-refractivity contribution in [2.75, 3.05) is 56.1 Å². The van der Waals surface area contributed by atoms with E-state index in [1.807, 2.05) is 0 Å². The first-order valence-corrected chi connectivity index (χ1v) is 24.4. The molecule has 0 spiro atoms. The van der Waals surface area contributed by atoms with Crippen LogP contribution < -0.4 is 20.7 Å². The SMILES string of the molecule is CSC(C)(C)C#Cc1ccc(-c2ccc(Cl)c3c(N(C(=O)CN4CCNCC4)S(C)=O)nn(CC(F)(F)F)c23)c(C(Cc2cc(F)cc(F)c2)NC(=O)CN=C2/C(=C(\N)C(F)(F)F)[C@@H](C)CC2(F)F)n1. The molecule has 3 heterocycles. The number of carbonyl (C=O) groups excluding carboxylic acids is 2. The summed E-state index contributed by atoms with van der Waals surface area (Å²) >= 11 is 8.14. The number of piperazine rings is 1. The molecular weight excluding hydrogens is 1000 g/mol. The Morgan fingerprint density at radius 3 is 2.31 bits per heavy atom. The minimum absolute atomic E-state index is 0.0172. The van der Waals surface area contributed by atoms with E-state index in [4.69, 9.17) is 22.3 Å². The van der Waals surface area contributed by atoms with Gasteiger partial charge in [0.2, 0.25) is 5.91 Å². The van der Waals surface area contributed by atoms with Crippen LogP contribution in [0.25, 0.3) is 22.0 Å². The lowest BCUT2D eigenvalue weighted by atomic mass is 9.93. The molecule has 6 rings (SSSR count). The van der Waals surface area contributed by atoms with Gasteiger partial charge in [-0.1, -0.05) is 30.5 Å². The summed E-state index contributed by atoms with van der Waals surface area (Å²) in [5, 5.41) is 9.39. The summed E-state index contributed by atoms with van der Waals surface area (Å²) in [7, 11) is -2.23. The Bertz CT molecular complexity index is 2800. The van der Waals surface area contributed by atoms with E-state index in [1.54, 1.807) is 25.0 Å². The number of allylic oxidation sites excluding steroid dienone is 2. The third-order valence-corrected chi connectivity index (χ3v) is 13.6. The van der Waals surface area contributed by atoms with Gasteiger partial charge in [0.15, 0.2) is 5.82 Å².